The molecule has 1 aliphatic rings. The highest BCUT2D eigenvalue weighted by atomic mass is 32.2. The van der Waals surface area contributed by atoms with Crippen LogP contribution in [-0.4, -0.2) is 0 Å². The number of hydrogen-bond acceptors (Lipinski definition) is 1. The maximum Gasteiger partial charge on any atom is 0.0213 e. The topological polar surface area (TPSA) is 0 Å². The third kappa shape index (κ3) is 3.36. The fourth-order valence-corrected chi connectivity index (χ4v) is 8.11. The van der Waals surface area contributed by atoms with Gasteiger partial charge in [-0.2, -0.15) is 0 Å². The summed E-state index contributed by atoms with van der Waals surface area (Å²) >= 11 is 1.91. The van der Waals surface area contributed by atoms with Crippen LogP contribution in [0, 0.1) is 0 Å². The minimum absolute atomic E-state index is 1.25. The summed E-state index contributed by atoms with van der Waals surface area (Å²) in [5.41, 5.74) is 7.78. The Balaban J connectivity index is 1.32. The third-order valence-electron chi connectivity index (χ3n) is 8.62. The van der Waals surface area contributed by atoms with E-state index in [-0.39, 0.29) is 0 Å². The Bertz CT molecular complexity index is 2270. The lowest BCUT2D eigenvalue weighted by Gasteiger charge is -2.23. The smallest absolute Gasteiger partial charge is 0.0213 e. The molecule has 8 aromatic rings. The highest BCUT2D eigenvalue weighted by molar-refractivity contribution is 7.99. The average Bonchev–Trinajstić information content (AvgIpc) is 3.04. The van der Waals surface area contributed by atoms with E-state index in [4.69, 9.17) is 0 Å². The Morgan fingerprint density at radius 2 is 0.927 bits per heavy atom. The van der Waals surface area contributed by atoms with Crippen molar-refractivity contribution in [3.05, 3.63) is 146 Å². The Morgan fingerprint density at radius 1 is 0.341 bits per heavy atom. The van der Waals surface area contributed by atoms with Gasteiger partial charge in [0.15, 0.2) is 0 Å². The second-order valence-electron chi connectivity index (χ2n) is 10.8. The van der Waals surface area contributed by atoms with Gasteiger partial charge in [0.05, 0.1) is 0 Å². The van der Waals surface area contributed by atoms with E-state index in [2.05, 4.69) is 146 Å². The van der Waals surface area contributed by atoms with Crippen molar-refractivity contribution >= 4 is 54.9 Å². The molecule has 0 saturated carbocycles. The van der Waals surface area contributed by atoms with Crippen LogP contribution in [0.5, 0.6) is 0 Å². The van der Waals surface area contributed by atoms with Gasteiger partial charge in [-0.15, -0.1) is 0 Å². The van der Waals surface area contributed by atoms with Crippen molar-refractivity contribution in [2.75, 3.05) is 0 Å². The first kappa shape index (κ1) is 22.9. The van der Waals surface area contributed by atoms with Crippen LogP contribution >= 0.6 is 11.8 Å². The monoisotopic (exact) mass is 536 g/mol. The van der Waals surface area contributed by atoms with Crippen molar-refractivity contribution in [3.63, 3.8) is 0 Å². The van der Waals surface area contributed by atoms with Crippen LogP contribution in [0.15, 0.2) is 155 Å². The summed E-state index contributed by atoms with van der Waals surface area (Å²) in [6.07, 6.45) is 0. The van der Waals surface area contributed by atoms with Gasteiger partial charge in [0.2, 0.25) is 0 Å². The number of rotatable bonds is 2. The van der Waals surface area contributed by atoms with Crippen LogP contribution in [0.4, 0.5) is 0 Å². The van der Waals surface area contributed by atoms with Gasteiger partial charge in [0.25, 0.3) is 0 Å². The molecule has 0 amide bonds. The molecule has 0 bridgehead atoms. The lowest BCUT2D eigenvalue weighted by Crippen LogP contribution is -1.95. The second-order valence-corrected chi connectivity index (χ2v) is 11.9. The fourth-order valence-electron chi connectivity index (χ4n) is 6.89. The Kier molecular flexibility index (Phi) is 4.93. The SMILES string of the molecule is c1ccc(-c2c3ccccc3c(-c3ccc4c(c3)Sc3cc5ccccc5c5cccc-4c35)c3ccccc23)cc1. The molecule has 1 heterocycles. The first-order chi connectivity index (χ1) is 20.3. The van der Waals surface area contributed by atoms with Gasteiger partial charge in [0, 0.05) is 15.2 Å². The normalized spacial score (nSPS) is 12.3. The van der Waals surface area contributed by atoms with Gasteiger partial charge in [-0.3, -0.25) is 0 Å². The van der Waals surface area contributed by atoms with Crippen molar-refractivity contribution in [1.82, 2.24) is 0 Å². The Hall–Kier alpha value is -4.85. The molecular formula is C40H24S. The Morgan fingerprint density at radius 3 is 1.63 bits per heavy atom. The van der Waals surface area contributed by atoms with E-state index in [0.717, 1.165) is 0 Å². The maximum absolute atomic E-state index is 2.42. The number of hydrogen-bond donors (Lipinski definition) is 0. The highest BCUT2D eigenvalue weighted by Crippen LogP contribution is 2.51. The molecule has 8 aromatic carbocycles. The summed E-state index contributed by atoms with van der Waals surface area (Å²) in [6.45, 7) is 0. The zero-order chi connectivity index (χ0) is 26.9. The molecule has 190 valence electrons. The summed E-state index contributed by atoms with van der Waals surface area (Å²) in [4.78, 5) is 2.66. The second kappa shape index (κ2) is 8.83. The highest BCUT2D eigenvalue weighted by Gasteiger charge is 2.22. The summed E-state index contributed by atoms with van der Waals surface area (Å²) in [7, 11) is 0. The lowest BCUT2D eigenvalue weighted by molar-refractivity contribution is 1.41. The van der Waals surface area contributed by atoms with Gasteiger partial charge in [-0.1, -0.05) is 145 Å². The van der Waals surface area contributed by atoms with Crippen LogP contribution in [-0.2, 0) is 0 Å². The first-order valence-electron chi connectivity index (χ1n) is 14.1. The molecule has 0 atom stereocenters. The molecule has 0 aliphatic carbocycles. The van der Waals surface area contributed by atoms with E-state index in [1.54, 1.807) is 0 Å². The molecular weight excluding hydrogens is 513 g/mol. The van der Waals surface area contributed by atoms with Crippen molar-refractivity contribution in [2.24, 2.45) is 0 Å². The molecule has 0 radical (unpaired) electrons. The van der Waals surface area contributed by atoms with Gasteiger partial charge in [-0.25, -0.2) is 0 Å². The quantitative estimate of drug-likeness (QED) is 0.156. The van der Waals surface area contributed by atoms with Crippen molar-refractivity contribution in [1.29, 1.82) is 0 Å². The molecule has 0 unspecified atom stereocenters. The summed E-state index contributed by atoms with van der Waals surface area (Å²) < 4.78 is 0. The van der Waals surface area contributed by atoms with Crippen molar-refractivity contribution < 1.29 is 0 Å². The molecule has 0 fully saturated rings. The zero-order valence-electron chi connectivity index (χ0n) is 22.3. The van der Waals surface area contributed by atoms with Crippen LogP contribution < -0.4 is 0 Å². The number of fused-ring (bicyclic) bond motifs is 6. The first-order valence-corrected chi connectivity index (χ1v) is 14.9. The average molecular weight is 537 g/mol. The standard InChI is InChI=1S/C40H24S/c1-2-11-25(12-3-1)38-32-15-6-8-17-34(32)39(35-18-9-7-16-33(35)38)27-21-22-29-31-20-10-19-30-28-14-5-4-13-26(28)23-37(40(30)31)41-36(29)24-27/h1-24H. The molecule has 0 N–H and O–H groups in total. The number of benzene rings is 8. The summed E-state index contributed by atoms with van der Waals surface area (Å²) in [6, 6.07) is 53.6. The maximum atomic E-state index is 2.42. The van der Waals surface area contributed by atoms with E-state index < -0.39 is 0 Å². The third-order valence-corrected chi connectivity index (χ3v) is 9.72. The van der Waals surface area contributed by atoms with Gasteiger partial charge in [-0.05, 0) is 83.2 Å². The van der Waals surface area contributed by atoms with Gasteiger partial charge < -0.3 is 0 Å². The minimum Gasteiger partial charge on any atom is -0.0887 e. The van der Waals surface area contributed by atoms with Crippen LogP contribution in [0.25, 0.3) is 76.5 Å². The van der Waals surface area contributed by atoms with E-state index in [1.165, 1.54) is 86.3 Å². The van der Waals surface area contributed by atoms with Crippen LogP contribution in [0.2, 0.25) is 0 Å². The van der Waals surface area contributed by atoms with Crippen molar-refractivity contribution in [2.45, 2.75) is 9.79 Å². The lowest BCUT2D eigenvalue weighted by atomic mass is 9.85. The van der Waals surface area contributed by atoms with E-state index in [0.29, 0.717) is 0 Å². The van der Waals surface area contributed by atoms with Gasteiger partial charge >= 0.3 is 0 Å². The summed E-state index contributed by atoms with van der Waals surface area (Å²) in [5, 5.41) is 10.5. The molecule has 9 rings (SSSR count). The predicted octanol–water partition coefficient (Wildman–Crippen LogP) is 11.8. The minimum atomic E-state index is 1.25. The van der Waals surface area contributed by atoms with Gasteiger partial charge in [0.1, 0.15) is 0 Å². The molecule has 41 heavy (non-hydrogen) atoms. The predicted molar refractivity (Wildman–Crippen MR) is 177 cm³/mol. The van der Waals surface area contributed by atoms with Crippen LogP contribution in [0.1, 0.15) is 0 Å². The molecule has 1 aliphatic heterocycles. The molecule has 1 heteroatoms. The van der Waals surface area contributed by atoms with E-state index in [9.17, 15) is 0 Å². The molecule has 0 saturated heterocycles. The molecule has 0 nitrogen and oxygen atoms in total. The summed E-state index contributed by atoms with van der Waals surface area (Å²) in [5.74, 6) is 0. The Labute approximate surface area is 242 Å². The fraction of sp³-hybridized carbons (Fsp3) is 0. The van der Waals surface area contributed by atoms with E-state index >= 15 is 0 Å². The largest absolute Gasteiger partial charge is 0.0887 e. The van der Waals surface area contributed by atoms with Crippen molar-refractivity contribution in [3.8, 4) is 33.4 Å². The molecule has 0 aromatic heterocycles. The van der Waals surface area contributed by atoms with Crippen LogP contribution in [0.3, 0.4) is 0 Å². The zero-order valence-corrected chi connectivity index (χ0v) is 23.1. The molecule has 0 spiro atoms. The van der Waals surface area contributed by atoms with E-state index in [1.807, 2.05) is 11.8 Å².